The number of nitrogens with zero attached hydrogens (tertiary/aromatic N) is 3. The number of imide groups is 1. The van der Waals surface area contributed by atoms with E-state index in [0.717, 1.165) is 11.4 Å². The van der Waals surface area contributed by atoms with E-state index in [9.17, 15) is 14.7 Å². The lowest BCUT2D eigenvalue weighted by Crippen LogP contribution is -2.42. The summed E-state index contributed by atoms with van der Waals surface area (Å²) in [5.41, 5.74) is 1.17. The zero-order valence-electron chi connectivity index (χ0n) is 12.1. The van der Waals surface area contributed by atoms with Crippen molar-refractivity contribution in [1.82, 2.24) is 9.80 Å². The summed E-state index contributed by atoms with van der Waals surface area (Å²) in [5.74, 6) is -0.738. The lowest BCUT2D eigenvalue weighted by molar-refractivity contribution is -0.130. The van der Waals surface area contributed by atoms with Gasteiger partial charge in [-0.1, -0.05) is 30.3 Å². The maximum Gasteiger partial charge on any atom is 0.414 e. The Morgan fingerprint density at radius 2 is 2.05 bits per heavy atom. The van der Waals surface area contributed by atoms with Crippen LogP contribution in [-0.4, -0.2) is 46.0 Å². The van der Waals surface area contributed by atoms with Gasteiger partial charge in [0.25, 0.3) is 0 Å². The van der Waals surface area contributed by atoms with Crippen molar-refractivity contribution in [2.75, 3.05) is 13.1 Å². The summed E-state index contributed by atoms with van der Waals surface area (Å²) in [5, 5.41) is 18.2. The van der Waals surface area contributed by atoms with Crippen LogP contribution in [0.2, 0.25) is 0 Å². The third-order valence-electron chi connectivity index (χ3n) is 4.58. The molecule has 22 heavy (non-hydrogen) atoms. The lowest BCUT2D eigenvalue weighted by atomic mass is 9.92. The number of carbonyl (C=O) groups excluding carboxylic acids is 1. The van der Waals surface area contributed by atoms with Crippen molar-refractivity contribution in [3.63, 3.8) is 0 Å². The van der Waals surface area contributed by atoms with Gasteiger partial charge in [-0.3, -0.25) is 9.69 Å². The van der Waals surface area contributed by atoms with Gasteiger partial charge in [0.2, 0.25) is 5.91 Å². The van der Waals surface area contributed by atoms with Crippen molar-refractivity contribution in [2.45, 2.75) is 19.0 Å². The van der Waals surface area contributed by atoms with Crippen LogP contribution >= 0.6 is 0 Å². The van der Waals surface area contributed by atoms with E-state index in [4.69, 9.17) is 5.26 Å². The summed E-state index contributed by atoms with van der Waals surface area (Å²) in [6.45, 7) is 1.96. The van der Waals surface area contributed by atoms with E-state index < -0.39 is 12.1 Å². The number of hydrogen-bond donors (Lipinski definition) is 1. The van der Waals surface area contributed by atoms with Gasteiger partial charge in [0.1, 0.15) is 0 Å². The summed E-state index contributed by atoms with van der Waals surface area (Å²) < 4.78 is 0. The fourth-order valence-corrected chi connectivity index (χ4v) is 3.64. The number of rotatable bonds is 3. The Morgan fingerprint density at radius 3 is 2.68 bits per heavy atom. The van der Waals surface area contributed by atoms with Crippen LogP contribution in [0.3, 0.4) is 0 Å². The van der Waals surface area contributed by atoms with Crippen molar-refractivity contribution in [3.05, 3.63) is 35.9 Å². The zero-order valence-corrected chi connectivity index (χ0v) is 12.1. The van der Waals surface area contributed by atoms with Crippen molar-refractivity contribution in [2.24, 2.45) is 11.8 Å². The predicted molar refractivity (Wildman–Crippen MR) is 77.6 cm³/mol. The molecular weight excluding hydrogens is 282 g/mol. The first-order chi connectivity index (χ1) is 10.6. The molecular formula is C16H17N3O3. The van der Waals surface area contributed by atoms with E-state index in [0.29, 0.717) is 13.1 Å². The van der Waals surface area contributed by atoms with E-state index in [2.05, 4.69) is 4.90 Å². The molecule has 3 rings (SSSR count). The number of fused-ring (bicyclic) bond motifs is 1. The molecule has 0 spiro atoms. The standard InChI is InChI=1S/C16H17N3O3/c17-7-6-14-12-9-18(8-11-4-2-1-3-5-11)10-13(12)15(20)19(14)16(21)22/h1-5,12-14H,6,8-10H2,(H,21,22). The first kappa shape index (κ1) is 14.5. The summed E-state index contributed by atoms with van der Waals surface area (Å²) in [7, 11) is 0. The molecule has 1 N–H and O–H groups in total. The van der Waals surface area contributed by atoms with Crippen molar-refractivity contribution >= 4 is 12.0 Å². The molecule has 6 nitrogen and oxygen atoms in total. The highest BCUT2D eigenvalue weighted by Crippen LogP contribution is 2.39. The molecule has 2 aliphatic rings. The molecule has 2 heterocycles. The van der Waals surface area contributed by atoms with Gasteiger partial charge in [-0.2, -0.15) is 5.26 Å². The van der Waals surface area contributed by atoms with Crippen LogP contribution in [0.1, 0.15) is 12.0 Å². The highest BCUT2D eigenvalue weighted by atomic mass is 16.4. The molecule has 2 fully saturated rings. The van der Waals surface area contributed by atoms with Gasteiger partial charge in [0.15, 0.2) is 0 Å². The first-order valence-corrected chi connectivity index (χ1v) is 7.31. The summed E-state index contributed by atoms with van der Waals surface area (Å²) in [6.07, 6.45) is -1.17. The molecule has 2 amide bonds. The van der Waals surface area contributed by atoms with Crippen LogP contribution in [0.5, 0.6) is 0 Å². The van der Waals surface area contributed by atoms with E-state index >= 15 is 0 Å². The average molecular weight is 299 g/mol. The lowest BCUT2D eigenvalue weighted by Gasteiger charge is -2.24. The molecule has 2 saturated heterocycles. The Labute approximate surface area is 128 Å². The minimum Gasteiger partial charge on any atom is -0.465 e. The number of hydrogen-bond acceptors (Lipinski definition) is 4. The van der Waals surface area contributed by atoms with Gasteiger partial charge in [-0.15, -0.1) is 0 Å². The predicted octanol–water partition coefficient (Wildman–Crippen LogP) is 1.54. The van der Waals surface area contributed by atoms with E-state index in [1.54, 1.807) is 0 Å². The molecule has 2 aliphatic heterocycles. The molecule has 0 radical (unpaired) electrons. The van der Waals surface area contributed by atoms with Gasteiger partial charge < -0.3 is 5.11 Å². The normalized spacial score (nSPS) is 27.7. The number of amides is 2. The Balaban J connectivity index is 1.75. The molecule has 1 aromatic carbocycles. The largest absolute Gasteiger partial charge is 0.465 e. The molecule has 3 atom stereocenters. The summed E-state index contributed by atoms with van der Waals surface area (Å²) in [4.78, 5) is 26.6. The van der Waals surface area contributed by atoms with E-state index in [1.165, 1.54) is 5.56 Å². The smallest absolute Gasteiger partial charge is 0.414 e. The minimum absolute atomic E-state index is 0.0678. The maximum absolute atomic E-state index is 12.3. The van der Waals surface area contributed by atoms with Crippen molar-refractivity contribution in [1.29, 1.82) is 5.26 Å². The number of likely N-dealkylation sites (tertiary alicyclic amines) is 2. The molecule has 0 saturated carbocycles. The molecule has 1 aromatic rings. The van der Waals surface area contributed by atoms with Crippen LogP contribution in [0.25, 0.3) is 0 Å². The number of carboxylic acid groups (broad SMARTS) is 1. The average Bonchev–Trinajstić information content (AvgIpc) is 3.00. The highest BCUT2D eigenvalue weighted by molar-refractivity contribution is 5.95. The molecule has 0 aliphatic carbocycles. The first-order valence-electron chi connectivity index (χ1n) is 7.31. The van der Waals surface area contributed by atoms with Crippen LogP contribution < -0.4 is 0 Å². The van der Waals surface area contributed by atoms with Gasteiger partial charge in [-0.05, 0) is 5.56 Å². The maximum atomic E-state index is 12.3. The third kappa shape index (κ3) is 2.44. The van der Waals surface area contributed by atoms with E-state index in [1.807, 2.05) is 36.4 Å². The quantitative estimate of drug-likeness (QED) is 0.915. The molecule has 0 aromatic heterocycles. The van der Waals surface area contributed by atoms with Crippen molar-refractivity contribution in [3.8, 4) is 6.07 Å². The van der Waals surface area contributed by atoms with Gasteiger partial charge in [0.05, 0.1) is 24.4 Å². The topological polar surface area (TPSA) is 84.6 Å². The van der Waals surface area contributed by atoms with Crippen LogP contribution in [-0.2, 0) is 11.3 Å². The monoisotopic (exact) mass is 299 g/mol. The van der Waals surface area contributed by atoms with Crippen LogP contribution in [0.4, 0.5) is 4.79 Å². The Morgan fingerprint density at radius 1 is 1.32 bits per heavy atom. The molecule has 0 bridgehead atoms. The second-order valence-corrected chi connectivity index (χ2v) is 5.87. The van der Waals surface area contributed by atoms with Crippen LogP contribution in [0.15, 0.2) is 30.3 Å². The zero-order chi connectivity index (χ0) is 15.7. The summed E-state index contributed by atoms with van der Waals surface area (Å²) in [6, 6.07) is 11.5. The minimum atomic E-state index is -1.24. The Kier molecular flexibility index (Phi) is 3.82. The van der Waals surface area contributed by atoms with Crippen molar-refractivity contribution < 1.29 is 14.7 Å². The fraction of sp³-hybridized carbons (Fsp3) is 0.438. The third-order valence-corrected chi connectivity index (χ3v) is 4.58. The van der Waals surface area contributed by atoms with Gasteiger partial charge >= 0.3 is 6.09 Å². The van der Waals surface area contributed by atoms with E-state index in [-0.39, 0.29) is 24.2 Å². The second kappa shape index (κ2) is 5.78. The fourth-order valence-electron chi connectivity index (χ4n) is 3.64. The molecule has 3 unspecified atom stereocenters. The Bertz CT molecular complexity index is 625. The highest BCUT2D eigenvalue weighted by Gasteiger charge is 2.54. The molecule has 114 valence electrons. The van der Waals surface area contributed by atoms with Gasteiger partial charge in [0, 0.05) is 25.6 Å². The van der Waals surface area contributed by atoms with Crippen LogP contribution in [0, 0.1) is 23.2 Å². The number of carbonyl (C=O) groups is 2. The number of nitriles is 1. The Hall–Kier alpha value is -2.39. The summed E-state index contributed by atoms with van der Waals surface area (Å²) >= 11 is 0. The van der Waals surface area contributed by atoms with Gasteiger partial charge in [-0.25, -0.2) is 9.69 Å². The molecule has 6 heteroatoms. The SMILES string of the molecule is N#CCC1C2CN(Cc3ccccc3)CC2C(=O)N1C(=O)O. The second-order valence-electron chi connectivity index (χ2n) is 5.87. The number of benzene rings is 1.